The molecule has 0 aliphatic carbocycles. The number of nitrogens with zero attached hydrogens (tertiary/aromatic N) is 2. The molecule has 1 aromatic heterocycles. The van der Waals surface area contributed by atoms with Crippen molar-refractivity contribution in [2.75, 3.05) is 18.6 Å². The molecule has 7 heteroatoms. The van der Waals surface area contributed by atoms with Crippen molar-refractivity contribution < 1.29 is 14.6 Å². The Balaban J connectivity index is 1.73. The number of hydrogen-bond acceptors (Lipinski definition) is 5. The van der Waals surface area contributed by atoms with Gasteiger partial charge in [0.05, 0.1) is 6.61 Å². The Morgan fingerprint density at radius 2 is 2.29 bits per heavy atom. The summed E-state index contributed by atoms with van der Waals surface area (Å²) in [5.41, 5.74) is 2.81. The van der Waals surface area contributed by atoms with E-state index in [-0.39, 0.29) is 23.2 Å². The van der Waals surface area contributed by atoms with Gasteiger partial charge >= 0.3 is 0 Å². The van der Waals surface area contributed by atoms with Gasteiger partial charge in [0.15, 0.2) is 5.43 Å². The van der Waals surface area contributed by atoms with Crippen LogP contribution < -0.4 is 10.9 Å². The van der Waals surface area contributed by atoms with Crippen LogP contribution in [0.25, 0.3) is 0 Å². The summed E-state index contributed by atoms with van der Waals surface area (Å²) in [7, 11) is 0. The monoisotopic (exact) mass is 291 g/mol. The molecule has 2 fully saturated rings. The van der Waals surface area contributed by atoms with Gasteiger partial charge in [-0.25, -0.2) is 0 Å². The molecule has 0 saturated carbocycles. The fraction of sp³-hybridized carbons (Fsp3) is 0.571. The van der Waals surface area contributed by atoms with E-state index in [4.69, 9.17) is 4.74 Å². The molecule has 112 valence electrons. The molecular weight excluding hydrogens is 274 g/mol. The van der Waals surface area contributed by atoms with Gasteiger partial charge in [-0.15, -0.1) is 0 Å². The normalized spacial score (nSPS) is 34.5. The Morgan fingerprint density at radius 1 is 1.43 bits per heavy atom. The van der Waals surface area contributed by atoms with Crippen LogP contribution in [0.3, 0.4) is 0 Å². The van der Waals surface area contributed by atoms with Crippen LogP contribution in [0.15, 0.2) is 23.1 Å². The lowest BCUT2D eigenvalue weighted by molar-refractivity contribution is -0.0985. The predicted octanol–water partition coefficient (Wildman–Crippen LogP) is -0.307. The van der Waals surface area contributed by atoms with Gasteiger partial charge in [-0.1, -0.05) is 0 Å². The highest BCUT2D eigenvalue weighted by Crippen LogP contribution is 2.46. The van der Waals surface area contributed by atoms with Gasteiger partial charge in [-0.2, -0.15) is 0 Å². The van der Waals surface area contributed by atoms with Crippen LogP contribution in [-0.2, 0) is 4.74 Å². The number of aromatic nitrogens is 1. The summed E-state index contributed by atoms with van der Waals surface area (Å²) in [5.74, 6) is -0.314. The van der Waals surface area contributed by atoms with Crippen LogP contribution in [0, 0.1) is 5.41 Å². The number of aliphatic hydroxyl groups excluding tert-OH is 1. The van der Waals surface area contributed by atoms with Crippen molar-refractivity contribution in [2.24, 2.45) is 5.41 Å². The van der Waals surface area contributed by atoms with E-state index in [1.807, 2.05) is 0 Å². The summed E-state index contributed by atoms with van der Waals surface area (Å²) < 4.78 is 7.10. The van der Waals surface area contributed by atoms with Crippen molar-refractivity contribution in [3.8, 4) is 0 Å². The van der Waals surface area contributed by atoms with Crippen LogP contribution in [0.2, 0.25) is 0 Å². The molecule has 1 aromatic rings. The Labute approximate surface area is 121 Å². The SMILES string of the molecule is O=C1c2cc(=O)ccn2NC2CC3(CCCOC3)C(O)N12. The maximum Gasteiger partial charge on any atom is 0.276 e. The van der Waals surface area contributed by atoms with Crippen molar-refractivity contribution in [1.29, 1.82) is 0 Å². The zero-order chi connectivity index (χ0) is 14.6. The van der Waals surface area contributed by atoms with Crippen LogP contribution in [0.4, 0.5) is 0 Å². The van der Waals surface area contributed by atoms with Crippen molar-refractivity contribution in [1.82, 2.24) is 9.58 Å². The highest BCUT2D eigenvalue weighted by molar-refractivity contribution is 5.94. The van der Waals surface area contributed by atoms with Gasteiger partial charge < -0.3 is 15.3 Å². The summed E-state index contributed by atoms with van der Waals surface area (Å²) >= 11 is 0. The van der Waals surface area contributed by atoms with E-state index < -0.39 is 11.6 Å². The van der Waals surface area contributed by atoms with Gasteiger partial charge in [0.1, 0.15) is 18.1 Å². The lowest BCUT2D eigenvalue weighted by Gasteiger charge is -2.38. The largest absolute Gasteiger partial charge is 0.381 e. The number of pyridine rings is 1. The van der Waals surface area contributed by atoms with Crippen LogP contribution in [-0.4, -0.2) is 46.2 Å². The van der Waals surface area contributed by atoms with E-state index >= 15 is 0 Å². The highest BCUT2D eigenvalue weighted by atomic mass is 16.5. The molecule has 3 unspecified atom stereocenters. The molecule has 7 nitrogen and oxygen atoms in total. The number of carbonyl (C=O) groups excluding carboxylic acids is 1. The third kappa shape index (κ3) is 1.74. The molecule has 3 aliphatic rings. The first-order chi connectivity index (χ1) is 10.1. The zero-order valence-electron chi connectivity index (χ0n) is 11.5. The number of rotatable bonds is 0. The Hall–Kier alpha value is -1.86. The molecule has 2 N–H and O–H groups in total. The van der Waals surface area contributed by atoms with Gasteiger partial charge in [-0.05, 0) is 19.3 Å². The first kappa shape index (κ1) is 12.8. The second-order valence-corrected chi connectivity index (χ2v) is 6.07. The molecule has 1 spiro atoms. The van der Waals surface area contributed by atoms with E-state index in [9.17, 15) is 14.7 Å². The quantitative estimate of drug-likeness (QED) is 0.685. The third-order valence-electron chi connectivity index (χ3n) is 4.77. The minimum atomic E-state index is -0.883. The molecular formula is C14H17N3O4. The number of amides is 1. The number of nitrogens with one attached hydrogen (secondary N) is 1. The minimum Gasteiger partial charge on any atom is -0.381 e. The van der Waals surface area contributed by atoms with Gasteiger partial charge in [0.25, 0.3) is 5.91 Å². The van der Waals surface area contributed by atoms with E-state index in [2.05, 4.69) is 5.43 Å². The minimum absolute atomic E-state index is 0.223. The smallest absolute Gasteiger partial charge is 0.276 e. The van der Waals surface area contributed by atoms with E-state index in [0.29, 0.717) is 19.6 Å². The number of hydrogen-bond donors (Lipinski definition) is 2. The molecule has 21 heavy (non-hydrogen) atoms. The summed E-state index contributed by atoms with van der Waals surface area (Å²) in [5, 5.41) is 10.7. The lowest BCUT2D eigenvalue weighted by Crippen LogP contribution is -2.54. The summed E-state index contributed by atoms with van der Waals surface area (Å²) in [6, 6.07) is 2.70. The maximum atomic E-state index is 12.6. The van der Waals surface area contributed by atoms with Gasteiger partial charge in [0.2, 0.25) is 0 Å². The van der Waals surface area contributed by atoms with E-state index in [0.717, 1.165) is 12.8 Å². The molecule has 0 radical (unpaired) electrons. The van der Waals surface area contributed by atoms with E-state index in [1.54, 1.807) is 10.9 Å². The van der Waals surface area contributed by atoms with Crippen molar-refractivity contribution in [3.63, 3.8) is 0 Å². The van der Waals surface area contributed by atoms with Crippen LogP contribution in [0.1, 0.15) is 29.8 Å². The standard InChI is InChI=1S/C14H17N3O4/c18-9-2-4-16-10(6-9)12(19)17-11(15-16)7-14(13(17)20)3-1-5-21-8-14/h2,4,6,11,13,15,20H,1,3,5,7-8H2. The fourth-order valence-electron chi connectivity index (χ4n) is 3.70. The summed E-state index contributed by atoms with van der Waals surface area (Å²) in [6.07, 6.45) is 2.77. The number of carbonyl (C=O) groups is 1. The first-order valence-electron chi connectivity index (χ1n) is 7.18. The summed E-state index contributed by atoms with van der Waals surface area (Å²) in [4.78, 5) is 25.5. The Kier molecular flexibility index (Phi) is 2.64. The van der Waals surface area contributed by atoms with Crippen molar-refractivity contribution >= 4 is 5.91 Å². The molecule has 0 bridgehead atoms. The summed E-state index contributed by atoms with van der Waals surface area (Å²) in [6.45, 7) is 1.17. The van der Waals surface area contributed by atoms with Crippen molar-refractivity contribution in [2.45, 2.75) is 31.7 Å². The average Bonchev–Trinajstić information content (AvgIpc) is 2.74. The molecule has 3 atom stereocenters. The topological polar surface area (TPSA) is 83.8 Å². The maximum absolute atomic E-state index is 12.6. The third-order valence-corrected chi connectivity index (χ3v) is 4.77. The van der Waals surface area contributed by atoms with E-state index in [1.165, 1.54) is 17.0 Å². The zero-order valence-corrected chi connectivity index (χ0v) is 11.5. The average molecular weight is 291 g/mol. The highest BCUT2D eigenvalue weighted by Gasteiger charge is 2.56. The Bertz CT molecular complexity index is 650. The fourth-order valence-corrected chi connectivity index (χ4v) is 3.70. The number of aliphatic hydroxyl groups is 1. The predicted molar refractivity (Wildman–Crippen MR) is 73.1 cm³/mol. The Morgan fingerprint density at radius 3 is 3.05 bits per heavy atom. The molecule has 1 amide bonds. The van der Waals surface area contributed by atoms with Gasteiger partial charge in [-0.3, -0.25) is 19.2 Å². The lowest BCUT2D eigenvalue weighted by atomic mass is 9.80. The number of fused-ring (bicyclic) bond motifs is 2. The second kappa shape index (κ2) is 4.32. The molecule has 2 saturated heterocycles. The van der Waals surface area contributed by atoms with Gasteiger partial charge in [0, 0.05) is 30.4 Å². The molecule has 0 aromatic carbocycles. The van der Waals surface area contributed by atoms with Crippen LogP contribution in [0.5, 0.6) is 0 Å². The number of ether oxygens (including phenoxy) is 1. The second-order valence-electron chi connectivity index (χ2n) is 6.07. The molecule has 4 heterocycles. The van der Waals surface area contributed by atoms with Crippen LogP contribution >= 0.6 is 0 Å². The first-order valence-corrected chi connectivity index (χ1v) is 7.18. The molecule has 3 aliphatic heterocycles. The molecule has 4 rings (SSSR count). The van der Waals surface area contributed by atoms with Crippen molar-refractivity contribution in [3.05, 3.63) is 34.2 Å².